The summed E-state index contributed by atoms with van der Waals surface area (Å²) in [5.74, 6) is 0.811. The molecule has 22 heavy (non-hydrogen) atoms. The zero-order valence-electron chi connectivity index (χ0n) is 12.0. The number of fused-ring (bicyclic) bond motifs is 2. The second-order valence-electron chi connectivity index (χ2n) is 5.41. The van der Waals surface area contributed by atoms with Crippen LogP contribution in [-0.2, 0) is 6.54 Å². The number of aromatic nitrogens is 2. The third-order valence-corrected chi connectivity index (χ3v) is 4.35. The van der Waals surface area contributed by atoms with Crippen LogP contribution in [0.4, 0.5) is 0 Å². The number of imidazole rings is 1. The third kappa shape index (κ3) is 2.34. The summed E-state index contributed by atoms with van der Waals surface area (Å²) in [5.41, 5.74) is 3.24. The van der Waals surface area contributed by atoms with Gasteiger partial charge in [-0.15, -0.1) is 0 Å². The number of halogens is 1. The number of hydrogen-bond donors (Lipinski definition) is 1. The van der Waals surface area contributed by atoms with Crippen LogP contribution in [0.15, 0.2) is 48.8 Å². The normalized spacial score (nSPS) is 17.2. The second kappa shape index (κ2) is 5.63. The fourth-order valence-electron chi connectivity index (χ4n) is 2.94. The molecule has 1 aliphatic heterocycles. The van der Waals surface area contributed by atoms with Crippen molar-refractivity contribution >= 4 is 17.2 Å². The molecule has 5 heteroatoms. The van der Waals surface area contributed by atoms with Crippen LogP contribution in [0.1, 0.15) is 23.7 Å². The lowest BCUT2D eigenvalue weighted by atomic mass is 10.0. The maximum Gasteiger partial charge on any atom is 0.142 e. The van der Waals surface area contributed by atoms with Crippen molar-refractivity contribution in [3.8, 4) is 5.75 Å². The van der Waals surface area contributed by atoms with Crippen molar-refractivity contribution < 1.29 is 4.74 Å². The van der Waals surface area contributed by atoms with E-state index in [1.54, 1.807) is 0 Å². The van der Waals surface area contributed by atoms with Crippen LogP contribution in [0.5, 0.6) is 5.75 Å². The van der Waals surface area contributed by atoms with Gasteiger partial charge < -0.3 is 14.5 Å². The number of benzene rings is 1. The predicted octanol–water partition coefficient (Wildman–Crippen LogP) is 3.60. The Morgan fingerprint density at radius 3 is 3.18 bits per heavy atom. The van der Waals surface area contributed by atoms with Crippen molar-refractivity contribution in [1.29, 1.82) is 0 Å². The topological polar surface area (TPSA) is 38.6 Å². The molecule has 1 aromatic carbocycles. The van der Waals surface area contributed by atoms with E-state index in [1.165, 1.54) is 0 Å². The summed E-state index contributed by atoms with van der Waals surface area (Å²) < 4.78 is 7.80. The molecule has 1 aliphatic rings. The standard InChI is InChI=1S/C17H16ClN3O/c18-14-5-3-4-13-15(7-9-22-17(13)14)19-10-12-11-20-16-6-1-2-8-21(12)16/h1-6,8,11,15,19H,7,9-10H2. The van der Waals surface area contributed by atoms with Crippen LogP contribution in [0.3, 0.4) is 0 Å². The molecule has 1 unspecified atom stereocenters. The van der Waals surface area contributed by atoms with Crippen LogP contribution in [0.25, 0.3) is 5.65 Å². The van der Waals surface area contributed by atoms with Gasteiger partial charge in [-0.25, -0.2) is 4.98 Å². The number of para-hydroxylation sites is 1. The first-order valence-corrected chi connectivity index (χ1v) is 7.76. The number of rotatable bonds is 3. The summed E-state index contributed by atoms with van der Waals surface area (Å²) in [7, 11) is 0. The quantitative estimate of drug-likeness (QED) is 0.803. The maximum absolute atomic E-state index is 6.22. The highest BCUT2D eigenvalue weighted by Gasteiger charge is 2.23. The molecule has 0 saturated heterocycles. The highest BCUT2D eigenvalue weighted by atomic mass is 35.5. The molecule has 0 spiro atoms. The minimum Gasteiger partial charge on any atom is -0.492 e. The first kappa shape index (κ1) is 13.6. The van der Waals surface area contributed by atoms with Gasteiger partial charge in [-0.1, -0.05) is 29.8 Å². The molecule has 1 atom stereocenters. The lowest BCUT2D eigenvalue weighted by Gasteiger charge is -2.27. The molecular formula is C17H16ClN3O. The van der Waals surface area contributed by atoms with Gasteiger partial charge in [0.1, 0.15) is 11.4 Å². The van der Waals surface area contributed by atoms with E-state index in [1.807, 2.05) is 42.7 Å². The van der Waals surface area contributed by atoms with Crippen LogP contribution in [-0.4, -0.2) is 16.0 Å². The molecule has 3 aromatic rings. The Balaban J connectivity index is 1.57. The smallest absolute Gasteiger partial charge is 0.142 e. The van der Waals surface area contributed by atoms with Crippen LogP contribution in [0.2, 0.25) is 5.02 Å². The summed E-state index contributed by atoms with van der Waals surface area (Å²) >= 11 is 6.22. The Morgan fingerprint density at radius 1 is 1.27 bits per heavy atom. The molecule has 3 heterocycles. The van der Waals surface area contributed by atoms with Crippen molar-refractivity contribution in [1.82, 2.24) is 14.7 Å². The predicted molar refractivity (Wildman–Crippen MR) is 86.3 cm³/mol. The first-order valence-electron chi connectivity index (χ1n) is 7.38. The largest absolute Gasteiger partial charge is 0.492 e. The monoisotopic (exact) mass is 313 g/mol. The van der Waals surface area contributed by atoms with Crippen molar-refractivity contribution in [2.45, 2.75) is 19.0 Å². The summed E-state index contributed by atoms with van der Waals surface area (Å²) in [6, 6.07) is 12.2. The molecule has 1 N–H and O–H groups in total. The van der Waals surface area contributed by atoms with E-state index < -0.39 is 0 Å². The lowest BCUT2D eigenvalue weighted by molar-refractivity contribution is 0.252. The fraction of sp³-hybridized carbons (Fsp3) is 0.235. The van der Waals surface area contributed by atoms with Gasteiger partial charge in [0.05, 0.1) is 23.5 Å². The molecule has 4 nitrogen and oxygen atoms in total. The number of nitrogens with one attached hydrogen (secondary N) is 1. The van der Waals surface area contributed by atoms with Crippen molar-refractivity contribution in [2.75, 3.05) is 6.61 Å². The van der Waals surface area contributed by atoms with Crippen LogP contribution >= 0.6 is 11.6 Å². The van der Waals surface area contributed by atoms with Gasteiger partial charge in [0, 0.05) is 30.8 Å². The van der Waals surface area contributed by atoms with E-state index in [-0.39, 0.29) is 6.04 Å². The van der Waals surface area contributed by atoms with Gasteiger partial charge in [-0.3, -0.25) is 0 Å². The zero-order chi connectivity index (χ0) is 14.9. The number of hydrogen-bond acceptors (Lipinski definition) is 3. The SMILES string of the molecule is Clc1cccc2c1OCCC2NCc1cnc2ccccn12. The summed E-state index contributed by atoms with van der Waals surface area (Å²) in [6.07, 6.45) is 4.89. The fourth-order valence-corrected chi connectivity index (χ4v) is 3.18. The second-order valence-corrected chi connectivity index (χ2v) is 5.81. The number of ether oxygens (including phenoxy) is 1. The molecule has 0 radical (unpaired) electrons. The number of nitrogens with zero attached hydrogens (tertiary/aromatic N) is 2. The Morgan fingerprint density at radius 2 is 2.23 bits per heavy atom. The highest BCUT2D eigenvalue weighted by Crippen LogP contribution is 2.37. The van der Waals surface area contributed by atoms with Gasteiger partial charge in [0.2, 0.25) is 0 Å². The maximum atomic E-state index is 6.22. The van der Waals surface area contributed by atoms with Gasteiger partial charge >= 0.3 is 0 Å². The molecule has 112 valence electrons. The molecule has 0 aliphatic carbocycles. The van der Waals surface area contributed by atoms with Gasteiger partial charge in [0.25, 0.3) is 0 Å². The Bertz CT molecular complexity index is 815. The van der Waals surface area contributed by atoms with Gasteiger partial charge in [-0.2, -0.15) is 0 Å². The minimum atomic E-state index is 0.247. The zero-order valence-corrected chi connectivity index (χ0v) is 12.8. The lowest BCUT2D eigenvalue weighted by Crippen LogP contribution is -2.27. The third-order valence-electron chi connectivity index (χ3n) is 4.05. The summed E-state index contributed by atoms with van der Waals surface area (Å²) in [4.78, 5) is 4.42. The highest BCUT2D eigenvalue weighted by molar-refractivity contribution is 6.32. The molecule has 4 rings (SSSR count). The number of pyridine rings is 1. The molecule has 0 amide bonds. The summed E-state index contributed by atoms with van der Waals surface area (Å²) in [6.45, 7) is 1.43. The van der Waals surface area contributed by atoms with Crippen molar-refractivity contribution in [3.05, 3.63) is 65.1 Å². The van der Waals surface area contributed by atoms with Crippen molar-refractivity contribution in [2.24, 2.45) is 0 Å². The summed E-state index contributed by atoms with van der Waals surface area (Å²) in [5, 5.41) is 4.28. The van der Waals surface area contributed by atoms with Crippen LogP contribution in [0, 0.1) is 0 Å². The van der Waals surface area contributed by atoms with E-state index in [4.69, 9.17) is 16.3 Å². The molecule has 0 saturated carbocycles. The van der Waals surface area contributed by atoms with E-state index in [2.05, 4.69) is 20.8 Å². The first-order chi connectivity index (χ1) is 10.8. The average molecular weight is 314 g/mol. The minimum absolute atomic E-state index is 0.247. The van der Waals surface area contributed by atoms with E-state index in [0.717, 1.165) is 35.6 Å². The molecule has 0 fully saturated rings. The van der Waals surface area contributed by atoms with Crippen molar-refractivity contribution in [3.63, 3.8) is 0 Å². The van der Waals surface area contributed by atoms with Crippen LogP contribution < -0.4 is 10.1 Å². The molecular weight excluding hydrogens is 298 g/mol. The van der Waals surface area contributed by atoms with Gasteiger partial charge in [-0.05, 0) is 18.2 Å². The Hall–Kier alpha value is -2.04. The Labute approximate surface area is 133 Å². The van der Waals surface area contributed by atoms with E-state index in [0.29, 0.717) is 11.6 Å². The average Bonchev–Trinajstić information content (AvgIpc) is 2.97. The molecule has 2 aromatic heterocycles. The van der Waals surface area contributed by atoms with E-state index >= 15 is 0 Å². The van der Waals surface area contributed by atoms with Gasteiger partial charge in [0.15, 0.2) is 0 Å². The van der Waals surface area contributed by atoms with E-state index in [9.17, 15) is 0 Å². The molecule has 0 bridgehead atoms. The Kier molecular flexibility index (Phi) is 3.48.